The van der Waals surface area contributed by atoms with Gasteiger partial charge in [-0.3, -0.25) is 0 Å². The van der Waals surface area contributed by atoms with Gasteiger partial charge in [-0.25, -0.2) is 0 Å². The molecule has 1 aromatic heterocycles. The van der Waals surface area contributed by atoms with Gasteiger partial charge in [-0.1, -0.05) is 135 Å². The molecular weight excluding hydrogens is 615 g/mol. The Morgan fingerprint density at radius 1 is 0.608 bits per heavy atom. The average Bonchev–Trinajstić information content (AvgIpc) is 3.51. The molecule has 0 spiro atoms. The van der Waals surface area contributed by atoms with Crippen molar-refractivity contribution < 1.29 is 0 Å². The van der Waals surface area contributed by atoms with E-state index >= 15 is 0 Å². The maximum atomic E-state index is 2.70. The summed E-state index contributed by atoms with van der Waals surface area (Å²) in [6, 6.07) is 57.8. The molecule has 11 rings (SSSR count). The molecule has 0 bridgehead atoms. The summed E-state index contributed by atoms with van der Waals surface area (Å²) in [4.78, 5) is 2.63. The van der Waals surface area contributed by atoms with E-state index in [0.29, 0.717) is 0 Å². The van der Waals surface area contributed by atoms with Crippen molar-refractivity contribution in [3.8, 4) is 11.1 Å². The molecule has 242 valence electrons. The van der Waals surface area contributed by atoms with Crippen molar-refractivity contribution in [2.45, 2.75) is 38.5 Å². The molecule has 4 heterocycles. The normalized spacial score (nSPS) is 14.4. The van der Waals surface area contributed by atoms with Gasteiger partial charge in [-0.15, -0.1) is 0 Å². The Morgan fingerprint density at radius 2 is 1.31 bits per heavy atom. The Labute approximate surface area is 299 Å². The van der Waals surface area contributed by atoms with Crippen LogP contribution in [0.25, 0.3) is 32.9 Å². The summed E-state index contributed by atoms with van der Waals surface area (Å²) in [7, 11) is 0. The Morgan fingerprint density at radius 3 is 2.10 bits per heavy atom. The highest BCUT2D eigenvalue weighted by Crippen LogP contribution is 2.58. The van der Waals surface area contributed by atoms with Gasteiger partial charge in [0.05, 0.1) is 11.1 Å². The zero-order valence-electron chi connectivity index (χ0n) is 29.0. The van der Waals surface area contributed by atoms with Gasteiger partial charge < -0.3 is 9.38 Å². The van der Waals surface area contributed by atoms with E-state index in [1.165, 1.54) is 107 Å². The monoisotopic (exact) mass is 652 g/mol. The second kappa shape index (κ2) is 10.6. The molecule has 0 fully saturated rings. The van der Waals surface area contributed by atoms with Crippen molar-refractivity contribution in [1.82, 2.24) is 4.48 Å². The summed E-state index contributed by atoms with van der Waals surface area (Å²) in [5.74, 6) is 0. The lowest BCUT2D eigenvalue weighted by molar-refractivity contribution is 0.732. The molecule has 3 heteroatoms. The Bertz CT molecular complexity index is 2670. The molecule has 0 aliphatic carbocycles. The minimum absolute atomic E-state index is 0.0349. The molecule has 51 heavy (non-hydrogen) atoms. The number of hydrogen-bond acceptors (Lipinski definition) is 1. The Balaban J connectivity index is 1.32. The predicted octanol–water partition coefficient (Wildman–Crippen LogP) is 10.6. The number of rotatable bonds is 5. The van der Waals surface area contributed by atoms with Crippen LogP contribution in [0.3, 0.4) is 0 Å². The number of fused-ring (bicyclic) bond motifs is 9. The molecule has 7 aromatic carbocycles. The maximum Gasteiger partial charge on any atom is 0.333 e. The minimum Gasteiger partial charge on any atom is -0.375 e. The molecule has 0 amide bonds. The van der Waals surface area contributed by atoms with Crippen molar-refractivity contribution in [1.29, 1.82) is 0 Å². The lowest BCUT2D eigenvalue weighted by atomic mass is 9.43. The van der Waals surface area contributed by atoms with E-state index in [0.717, 1.165) is 6.42 Å². The van der Waals surface area contributed by atoms with Gasteiger partial charge in [0.25, 0.3) is 0 Å². The summed E-state index contributed by atoms with van der Waals surface area (Å²) in [5.41, 5.74) is 19.5. The van der Waals surface area contributed by atoms with Crippen LogP contribution in [0.15, 0.2) is 152 Å². The van der Waals surface area contributed by atoms with Crippen molar-refractivity contribution in [2.24, 2.45) is 0 Å². The van der Waals surface area contributed by atoms with Crippen LogP contribution in [-0.2, 0) is 11.8 Å². The quantitative estimate of drug-likeness (QED) is 0.168. The van der Waals surface area contributed by atoms with Crippen LogP contribution in [-0.4, -0.2) is 11.3 Å². The van der Waals surface area contributed by atoms with Gasteiger partial charge in [0.2, 0.25) is 0 Å². The number of hydrogen-bond donors (Lipinski definition) is 0. The fourth-order valence-corrected chi connectivity index (χ4v) is 10.1. The molecule has 0 radical (unpaired) electrons. The smallest absolute Gasteiger partial charge is 0.333 e. The number of benzene rings is 7. The van der Waals surface area contributed by atoms with Gasteiger partial charge in [-0.2, -0.15) is 0 Å². The highest BCUT2D eigenvalue weighted by molar-refractivity contribution is 6.90. The van der Waals surface area contributed by atoms with Gasteiger partial charge in [0, 0.05) is 38.7 Å². The average molecular weight is 653 g/mol. The Kier molecular flexibility index (Phi) is 6.03. The lowest BCUT2D eigenvalue weighted by Crippen LogP contribution is -2.58. The first-order valence-corrected chi connectivity index (χ1v) is 18.5. The molecule has 0 saturated carbocycles. The first-order valence-electron chi connectivity index (χ1n) is 18.5. The van der Waals surface area contributed by atoms with Crippen LogP contribution in [0.5, 0.6) is 0 Å². The van der Waals surface area contributed by atoms with Crippen LogP contribution >= 0.6 is 0 Å². The molecule has 0 atom stereocenters. The minimum atomic E-state index is -0.500. The fourth-order valence-electron chi connectivity index (χ4n) is 10.1. The highest BCUT2D eigenvalue weighted by atomic mass is 15.2. The van der Waals surface area contributed by atoms with Crippen LogP contribution in [0.4, 0.5) is 17.1 Å². The van der Waals surface area contributed by atoms with E-state index in [4.69, 9.17) is 0 Å². The van der Waals surface area contributed by atoms with Crippen LogP contribution in [0.1, 0.15) is 53.1 Å². The summed E-state index contributed by atoms with van der Waals surface area (Å²) >= 11 is 0. The predicted molar refractivity (Wildman–Crippen MR) is 215 cm³/mol. The molecule has 3 aliphatic heterocycles. The SMILES string of the molecule is CCCCc1cc2c3c(c1)c1ccccc1n3B1c3cccc4c3N(c3ccccc3C4(c3ccccc3)c3ccccc3)c3cc(C)cc-2c31. The summed E-state index contributed by atoms with van der Waals surface area (Å²) < 4.78 is 2.70. The second-order valence-corrected chi connectivity index (χ2v) is 14.8. The number of nitrogens with zero attached hydrogens (tertiary/aromatic N) is 2. The highest BCUT2D eigenvalue weighted by Gasteiger charge is 2.51. The topological polar surface area (TPSA) is 8.17 Å². The van der Waals surface area contributed by atoms with Crippen molar-refractivity contribution in [3.63, 3.8) is 0 Å². The van der Waals surface area contributed by atoms with Crippen molar-refractivity contribution >= 4 is 56.6 Å². The fraction of sp³-hybridized carbons (Fsp3) is 0.125. The molecule has 0 unspecified atom stereocenters. The number of aryl methyl sites for hydroxylation is 2. The summed E-state index contributed by atoms with van der Waals surface area (Å²) in [6.45, 7) is 4.61. The largest absolute Gasteiger partial charge is 0.375 e. The van der Waals surface area contributed by atoms with Crippen molar-refractivity contribution in [2.75, 3.05) is 4.90 Å². The molecule has 0 N–H and O–H groups in total. The lowest BCUT2D eigenvalue weighted by Gasteiger charge is -2.50. The van der Waals surface area contributed by atoms with Crippen LogP contribution < -0.4 is 15.8 Å². The summed E-state index contributed by atoms with van der Waals surface area (Å²) in [5, 5.41) is 2.72. The first-order chi connectivity index (χ1) is 25.2. The van der Waals surface area contributed by atoms with E-state index in [-0.39, 0.29) is 6.85 Å². The second-order valence-electron chi connectivity index (χ2n) is 14.8. The van der Waals surface area contributed by atoms with Crippen LogP contribution in [0, 0.1) is 6.92 Å². The van der Waals surface area contributed by atoms with Gasteiger partial charge in [0.15, 0.2) is 0 Å². The first kappa shape index (κ1) is 29.0. The summed E-state index contributed by atoms with van der Waals surface area (Å²) in [6.07, 6.45) is 3.49. The van der Waals surface area contributed by atoms with E-state index in [2.05, 4.69) is 175 Å². The molecule has 2 nitrogen and oxygen atoms in total. The molecule has 0 saturated heterocycles. The zero-order valence-corrected chi connectivity index (χ0v) is 29.0. The number of anilines is 3. The number of aromatic nitrogens is 1. The van der Waals surface area contributed by atoms with E-state index < -0.39 is 5.41 Å². The van der Waals surface area contributed by atoms with E-state index in [1.807, 2.05) is 0 Å². The van der Waals surface area contributed by atoms with Crippen molar-refractivity contribution in [3.05, 3.63) is 185 Å². The van der Waals surface area contributed by atoms with Gasteiger partial charge in [0.1, 0.15) is 0 Å². The number of para-hydroxylation sites is 3. The van der Waals surface area contributed by atoms with Crippen LogP contribution in [0.2, 0.25) is 0 Å². The maximum absolute atomic E-state index is 2.70. The van der Waals surface area contributed by atoms with Gasteiger partial charge >= 0.3 is 6.85 Å². The molecular formula is C48H37BN2. The standard InChI is InChI=1S/C48H37BN2/c1-3-4-16-32-29-37-35-21-11-13-25-42(35)51-46(37)38(30-32)36-27-31(2)28-44-45(36)49(51)41-24-15-23-40-47(41)50(44)43-26-14-12-22-39(43)48(40,33-17-7-5-8-18-33)34-19-9-6-10-20-34/h5-15,17-30H,3-4,16H2,1-2H3. The van der Waals surface area contributed by atoms with E-state index in [1.54, 1.807) is 0 Å². The third-order valence-electron chi connectivity index (χ3n) is 12.0. The third-order valence-corrected chi connectivity index (χ3v) is 12.0. The van der Waals surface area contributed by atoms with Gasteiger partial charge in [-0.05, 0) is 100.0 Å². The Hall–Kier alpha value is -5.80. The zero-order chi connectivity index (χ0) is 33.8. The van der Waals surface area contributed by atoms with E-state index in [9.17, 15) is 0 Å². The molecule has 8 aromatic rings. The third kappa shape index (κ3) is 3.68. The number of unbranched alkanes of at least 4 members (excludes halogenated alkanes) is 1. The molecule has 3 aliphatic rings.